The summed E-state index contributed by atoms with van der Waals surface area (Å²) in [6.45, 7) is 1.46. The van der Waals surface area contributed by atoms with Gasteiger partial charge in [-0.15, -0.1) is 5.10 Å². The predicted molar refractivity (Wildman–Crippen MR) is 67.7 cm³/mol. The molecule has 1 aliphatic heterocycles. The summed E-state index contributed by atoms with van der Waals surface area (Å²) in [5.74, 6) is 0. The van der Waals surface area contributed by atoms with Crippen molar-refractivity contribution in [1.82, 2.24) is 15.0 Å². The van der Waals surface area contributed by atoms with Crippen molar-refractivity contribution in [2.75, 3.05) is 6.61 Å². The second-order valence-electron chi connectivity index (χ2n) is 4.27. The molecular formula is C9H16BN3O4S. The van der Waals surface area contributed by atoms with E-state index in [1.807, 2.05) is 0 Å². The topological polar surface area (TPSA) is 101 Å². The van der Waals surface area contributed by atoms with Gasteiger partial charge in [0.25, 0.3) is 0 Å². The Bertz CT molecular complexity index is 391. The van der Waals surface area contributed by atoms with E-state index in [0.717, 1.165) is 0 Å². The number of aryl methyl sites for hydroxylation is 1. The van der Waals surface area contributed by atoms with Gasteiger partial charge in [-0.05, 0) is 6.92 Å². The summed E-state index contributed by atoms with van der Waals surface area (Å²) < 4.78 is 6.85. The number of nitrogens with zero attached hydrogens (tertiary/aromatic N) is 3. The number of aliphatic hydroxyl groups excluding tert-OH is 3. The molecule has 0 spiro atoms. The molecule has 5 atom stereocenters. The Labute approximate surface area is 109 Å². The highest BCUT2D eigenvalue weighted by molar-refractivity contribution is 8.20. The van der Waals surface area contributed by atoms with Crippen molar-refractivity contribution in [2.24, 2.45) is 0 Å². The molecule has 9 heteroatoms. The Hall–Kier alpha value is -0.605. The molecule has 0 amide bonds. The summed E-state index contributed by atoms with van der Waals surface area (Å²) in [4.78, 5) is 0. The van der Waals surface area contributed by atoms with Crippen molar-refractivity contribution in [3.05, 3.63) is 11.9 Å². The zero-order valence-electron chi connectivity index (χ0n) is 10.2. The number of rotatable bonds is 3. The van der Waals surface area contributed by atoms with Crippen LogP contribution in [0.3, 0.4) is 0 Å². The van der Waals surface area contributed by atoms with E-state index in [4.69, 9.17) is 4.74 Å². The van der Waals surface area contributed by atoms with Crippen LogP contribution in [0.4, 0.5) is 0 Å². The van der Waals surface area contributed by atoms with Crippen molar-refractivity contribution in [1.29, 1.82) is 0 Å². The van der Waals surface area contributed by atoms with Crippen LogP contribution in [0, 0.1) is 6.92 Å². The Balaban J connectivity index is 2.29. The van der Waals surface area contributed by atoms with E-state index < -0.39 is 29.8 Å². The average Bonchev–Trinajstić information content (AvgIpc) is 2.76. The van der Waals surface area contributed by atoms with Gasteiger partial charge in [0.1, 0.15) is 29.8 Å². The van der Waals surface area contributed by atoms with Gasteiger partial charge in [0.2, 0.25) is 0 Å². The van der Waals surface area contributed by atoms with Crippen molar-refractivity contribution < 1.29 is 20.1 Å². The van der Waals surface area contributed by atoms with Gasteiger partial charge in [-0.2, -0.15) is 11.6 Å². The minimum Gasteiger partial charge on any atom is -0.394 e. The molecule has 7 nitrogen and oxygen atoms in total. The third-order valence-electron chi connectivity index (χ3n) is 3.01. The number of hydrogen-bond donors (Lipinski definition) is 3. The smallest absolute Gasteiger partial charge is 0.177 e. The third kappa shape index (κ3) is 2.41. The van der Waals surface area contributed by atoms with E-state index in [-0.39, 0.29) is 6.61 Å². The molecular weight excluding hydrogens is 257 g/mol. The first-order chi connectivity index (χ1) is 8.58. The molecule has 1 aromatic rings. The Morgan fingerprint density at radius 2 is 2.22 bits per heavy atom. The predicted octanol–water partition coefficient (Wildman–Crippen LogP) is -2.15. The molecule has 1 aromatic heterocycles. The zero-order valence-corrected chi connectivity index (χ0v) is 11.0. The van der Waals surface area contributed by atoms with Gasteiger partial charge in [0.15, 0.2) is 7.12 Å². The van der Waals surface area contributed by atoms with E-state index >= 15 is 0 Å². The van der Waals surface area contributed by atoms with Crippen molar-refractivity contribution in [3.8, 4) is 0 Å². The SMILES string of the molecule is BS[C@H]1OC(CO)[C@H](O)C(n2cc(C)nn2)C1O. The molecule has 2 rings (SSSR count). The molecule has 1 saturated heterocycles. The van der Waals surface area contributed by atoms with Crippen molar-refractivity contribution in [2.45, 2.75) is 36.7 Å². The maximum Gasteiger partial charge on any atom is 0.177 e. The third-order valence-corrected chi connectivity index (χ3v) is 3.87. The van der Waals surface area contributed by atoms with Gasteiger partial charge < -0.3 is 20.1 Å². The summed E-state index contributed by atoms with van der Waals surface area (Å²) in [7, 11) is 1.80. The van der Waals surface area contributed by atoms with E-state index in [2.05, 4.69) is 10.3 Å². The molecule has 0 aliphatic carbocycles. The van der Waals surface area contributed by atoms with Crippen LogP contribution in [0.15, 0.2) is 6.20 Å². The quantitative estimate of drug-likeness (QED) is 0.540. The molecule has 100 valence electrons. The van der Waals surface area contributed by atoms with Gasteiger partial charge in [0.05, 0.1) is 12.3 Å². The summed E-state index contributed by atoms with van der Waals surface area (Å²) in [6, 6.07) is -0.672. The van der Waals surface area contributed by atoms with Gasteiger partial charge in [-0.25, -0.2) is 4.68 Å². The molecule has 0 bridgehead atoms. The van der Waals surface area contributed by atoms with Crippen LogP contribution >= 0.6 is 11.6 Å². The Kier molecular flexibility index (Phi) is 4.28. The number of ether oxygens (including phenoxy) is 1. The van der Waals surface area contributed by atoms with E-state index in [1.54, 1.807) is 20.2 Å². The normalized spacial score (nSPS) is 36.8. The van der Waals surface area contributed by atoms with Crippen LogP contribution in [0.25, 0.3) is 0 Å². The van der Waals surface area contributed by atoms with Gasteiger partial charge in [-0.3, -0.25) is 0 Å². The molecule has 18 heavy (non-hydrogen) atoms. The van der Waals surface area contributed by atoms with Crippen molar-refractivity contribution in [3.63, 3.8) is 0 Å². The lowest BCUT2D eigenvalue weighted by Crippen LogP contribution is -2.55. The molecule has 0 radical (unpaired) electrons. The summed E-state index contributed by atoms with van der Waals surface area (Å²) >= 11 is 1.32. The standard InChI is InChI=1S/C9H16BN3O4S/c1-4-2-13(12-11-4)6-7(15)5(3-14)17-9(18-10)8(6)16/h2,5-9,14-16H,3,10H2,1H3/t5?,6?,7-,8?,9+/m0/s1. The molecule has 3 unspecified atom stereocenters. The number of hydrogen-bond acceptors (Lipinski definition) is 7. The van der Waals surface area contributed by atoms with Gasteiger partial charge >= 0.3 is 0 Å². The van der Waals surface area contributed by atoms with Crippen LogP contribution in [-0.2, 0) is 4.74 Å². The number of aliphatic hydroxyl groups is 3. The van der Waals surface area contributed by atoms with Crippen LogP contribution in [0.2, 0.25) is 0 Å². The fraction of sp³-hybridized carbons (Fsp3) is 0.778. The first-order valence-electron chi connectivity index (χ1n) is 5.62. The van der Waals surface area contributed by atoms with Crippen LogP contribution in [0.5, 0.6) is 0 Å². The maximum atomic E-state index is 10.2. The molecule has 0 saturated carbocycles. The summed E-state index contributed by atoms with van der Waals surface area (Å²) in [5, 5.41) is 37.3. The lowest BCUT2D eigenvalue weighted by Gasteiger charge is -2.41. The minimum atomic E-state index is -1.03. The summed E-state index contributed by atoms with van der Waals surface area (Å²) in [5.41, 5.74) is 0.183. The summed E-state index contributed by atoms with van der Waals surface area (Å²) in [6.07, 6.45) is -1.04. The van der Waals surface area contributed by atoms with Gasteiger partial charge in [-0.1, -0.05) is 5.21 Å². The zero-order chi connectivity index (χ0) is 13.3. The first kappa shape index (κ1) is 13.8. The maximum absolute atomic E-state index is 10.2. The van der Waals surface area contributed by atoms with Crippen molar-refractivity contribution >= 4 is 18.7 Å². The van der Waals surface area contributed by atoms with Gasteiger partial charge in [0, 0.05) is 6.20 Å². The van der Waals surface area contributed by atoms with E-state index in [0.29, 0.717) is 5.69 Å². The largest absolute Gasteiger partial charge is 0.394 e. The van der Waals surface area contributed by atoms with E-state index in [9.17, 15) is 15.3 Å². The fourth-order valence-electron chi connectivity index (χ4n) is 2.09. The second kappa shape index (κ2) is 5.58. The lowest BCUT2D eigenvalue weighted by molar-refractivity contribution is -0.178. The monoisotopic (exact) mass is 273 g/mol. The Morgan fingerprint density at radius 1 is 1.50 bits per heavy atom. The molecule has 0 aromatic carbocycles. The minimum absolute atomic E-state index is 0.310. The molecule has 3 N–H and O–H groups in total. The lowest BCUT2D eigenvalue weighted by atomic mass is 9.97. The van der Waals surface area contributed by atoms with Crippen LogP contribution < -0.4 is 0 Å². The molecule has 1 aliphatic rings. The highest BCUT2D eigenvalue weighted by Crippen LogP contribution is 2.33. The highest BCUT2D eigenvalue weighted by atomic mass is 32.2. The van der Waals surface area contributed by atoms with Crippen LogP contribution in [-0.4, -0.2) is 67.8 Å². The fourth-order valence-corrected chi connectivity index (χ4v) is 2.78. The van der Waals surface area contributed by atoms with E-state index in [1.165, 1.54) is 16.3 Å². The highest BCUT2D eigenvalue weighted by Gasteiger charge is 2.45. The Morgan fingerprint density at radius 3 is 2.72 bits per heavy atom. The van der Waals surface area contributed by atoms with Crippen LogP contribution in [0.1, 0.15) is 11.7 Å². The average molecular weight is 273 g/mol. The number of aromatic nitrogens is 3. The first-order valence-corrected chi connectivity index (χ1v) is 6.91. The molecule has 1 fully saturated rings. The second-order valence-corrected chi connectivity index (χ2v) is 5.21. The molecule has 2 heterocycles.